The van der Waals surface area contributed by atoms with Gasteiger partial charge in [0.1, 0.15) is 18.0 Å². The van der Waals surface area contributed by atoms with Crippen LogP contribution in [0.1, 0.15) is 82.5 Å². The number of hydrogen-bond donors (Lipinski definition) is 0. The summed E-state index contributed by atoms with van der Waals surface area (Å²) in [5.41, 5.74) is 2.10. The molecule has 0 heterocycles. The number of ether oxygens (including phenoxy) is 3. The van der Waals surface area contributed by atoms with Gasteiger partial charge in [0.15, 0.2) is 5.78 Å². The number of para-hydroxylation sites is 1. The Labute approximate surface area is 286 Å². The third-order valence-electron chi connectivity index (χ3n) is 9.25. The first-order valence-electron chi connectivity index (χ1n) is 17.2. The molecule has 3 aromatic rings. The molecular weight excluding hydrogens is 600 g/mol. The topological polar surface area (TPSA) is 78.9 Å². The molecule has 6 heteroatoms. The van der Waals surface area contributed by atoms with E-state index >= 15 is 0 Å². The summed E-state index contributed by atoms with van der Waals surface area (Å²) in [5.74, 6) is -0.0371. The van der Waals surface area contributed by atoms with Crippen molar-refractivity contribution in [2.45, 2.75) is 84.3 Å². The summed E-state index contributed by atoms with van der Waals surface area (Å²) in [6.07, 6.45) is 12.8. The monoisotopic (exact) mass is 650 g/mol. The number of rotatable bonds is 17. The summed E-state index contributed by atoms with van der Waals surface area (Å²) in [6, 6.07) is 27.2. The second-order valence-corrected chi connectivity index (χ2v) is 13.2. The van der Waals surface area contributed by atoms with E-state index in [1.807, 2.05) is 98.8 Å². The van der Waals surface area contributed by atoms with Gasteiger partial charge in [0, 0.05) is 30.1 Å². The van der Waals surface area contributed by atoms with Crippen molar-refractivity contribution in [3.63, 3.8) is 0 Å². The Morgan fingerprint density at radius 2 is 1.48 bits per heavy atom. The number of ketones is 1. The lowest BCUT2D eigenvalue weighted by Gasteiger charge is -2.25. The van der Waals surface area contributed by atoms with Crippen molar-refractivity contribution in [1.82, 2.24) is 0 Å². The molecule has 0 aliphatic heterocycles. The number of carbonyl (C=O) groups excluding carboxylic acids is 3. The standard InChI is InChI=1S/C42H50O6/c1-5-6-29-42(2,3)39(43)28-27-36-35(21-15-7-8-16-22-40(44)46-4)37(47-34-19-13-10-14-20-34)30-38(36)48-41(45)33-25-23-32(24-26-33)31-17-11-9-12-18-31/h7-14,17-20,23-28,35-38H,5-6,15-16,21-22,29-30H2,1-4H3/b8-7-,28-27+/t35-,36-,37-,38-/m1/s1. The van der Waals surface area contributed by atoms with Crippen LogP contribution in [-0.2, 0) is 19.1 Å². The van der Waals surface area contributed by atoms with Gasteiger partial charge in [-0.2, -0.15) is 0 Å². The predicted molar refractivity (Wildman–Crippen MR) is 191 cm³/mol. The van der Waals surface area contributed by atoms with Crippen LogP contribution >= 0.6 is 0 Å². The Morgan fingerprint density at radius 3 is 2.15 bits per heavy atom. The van der Waals surface area contributed by atoms with Crippen molar-refractivity contribution >= 4 is 17.7 Å². The van der Waals surface area contributed by atoms with Crippen LogP contribution < -0.4 is 4.74 Å². The second kappa shape index (κ2) is 18.2. The highest BCUT2D eigenvalue weighted by Crippen LogP contribution is 2.41. The third kappa shape index (κ3) is 10.5. The fraction of sp³-hybridized carbons (Fsp3) is 0.405. The van der Waals surface area contributed by atoms with E-state index in [4.69, 9.17) is 14.2 Å². The van der Waals surface area contributed by atoms with Gasteiger partial charge in [-0.05, 0) is 67.2 Å². The van der Waals surface area contributed by atoms with Gasteiger partial charge in [0.2, 0.25) is 0 Å². The van der Waals surface area contributed by atoms with Crippen molar-refractivity contribution in [3.05, 3.63) is 115 Å². The van der Waals surface area contributed by atoms with Crippen LogP contribution in [-0.4, -0.2) is 37.0 Å². The molecule has 0 bridgehead atoms. The molecule has 1 fully saturated rings. The van der Waals surface area contributed by atoms with Crippen LogP contribution in [0.15, 0.2) is 109 Å². The number of allylic oxidation sites excluding steroid dienone is 3. The van der Waals surface area contributed by atoms with Crippen LogP contribution in [0, 0.1) is 17.3 Å². The van der Waals surface area contributed by atoms with Crippen molar-refractivity contribution in [2.75, 3.05) is 7.11 Å². The molecule has 48 heavy (non-hydrogen) atoms. The summed E-state index contributed by atoms with van der Waals surface area (Å²) >= 11 is 0. The minimum atomic E-state index is -0.477. The van der Waals surface area contributed by atoms with E-state index in [0.29, 0.717) is 24.8 Å². The Hall–Kier alpha value is -4.45. The maximum atomic E-state index is 13.6. The summed E-state index contributed by atoms with van der Waals surface area (Å²) in [6.45, 7) is 6.13. The molecule has 0 unspecified atom stereocenters. The predicted octanol–water partition coefficient (Wildman–Crippen LogP) is 9.59. The Kier molecular flexibility index (Phi) is 13.8. The van der Waals surface area contributed by atoms with Gasteiger partial charge in [0.25, 0.3) is 0 Å². The maximum absolute atomic E-state index is 13.6. The molecule has 0 aromatic heterocycles. The Morgan fingerprint density at radius 1 is 0.833 bits per heavy atom. The number of unbranched alkanes of at least 4 members (excludes halogenated alkanes) is 1. The van der Waals surface area contributed by atoms with Crippen LogP contribution in [0.4, 0.5) is 0 Å². The Balaban J connectivity index is 1.58. The first-order valence-corrected chi connectivity index (χ1v) is 17.2. The highest BCUT2D eigenvalue weighted by Gasteiger charge is 2.45. The van der Waals surface area contributed by atoms with Crippen LogP contribution in [0.5, 0.6) is 5.75 Å². The number of esters is 2. The number of hydrogen-bond acceptors (Lipinski definition) is 6. The Bertz CT molecular complexity index is 1510. The SMILES string of the molecule is CCCCC(C)(C)C(=O)/C=C/[C@@H]1[C@@H](CC/C=C\CCC(=O)OC)[C@H](Oc2ccccc2)C[C@H]1OC(=O)c1ccc(-c2ccccc2)cc1. The molecular formula is C42H50O6. The van der Waals surface area contributed by atoms with Crippen molar-refractivity contribution in [1.29, 1.82) is 0 Å². The van der Waals surface area contributed by atoms with Crippen LogP contribution in [0.3, 0.4) is 0 Å². The lowest BCUT2D eigenvalue weighted by atomic mass is 9.81. The fourth-order valence-electron chi connectivity index (χ4n) is 6.29. The second-order valence-electron chi connectivity index (χ2n) is 13.2. The summed E-state index contributed by atoms with van der Waals surface area (Å²) in [7, 11) is 1.39. The largest absolute Gasteiger partial charge is 0.490 e. The molecule has 4 rings (SSSR count). The summed E-state index contributed by atoms with van der Waals surface area (Å²) in [4.78, 5) is 38.6. The molecule has 254 valence electrons. The molecule has 0 N–H and O–H groups in total. The number of methoxy groups -OCH3 is 1. The average molecular weight is 651 g/mol. The normalized spacial score (nSPS) is 19.4. The number of benzene rings is 3. The summed E-state index contributed by atoms with van der Waals surface area (Å²) < 4.78 is 17.6. The zero-order chi connectivity index (χ0) is 34.4. The quantitative estimate of drug-likeness (QED) is 0.0823. The van der Waals surface area contributed by atoms with Gasteiger partial charge in [-0.1, -0.05) is 113 Å². The maximum Gasteiger partial charge on any atom is 0.338 e. The third-order valence-corrected chi connectivity index (χ3v) is 9.25. The lowest BCUT2D eigenvalue weighted by Crippen LogP contribution is -2.27. The molecule has 6 nitrogen and oxygen atoms in total. The van der Waals surface area contributed by atoms with Gasteiger partial charge in [-0.25, -0.2) is 4.79 Å². The van der Waals surface area contributed by atoms with Gasteiger partial charge in [0.05, 0.1) is 12.7 Å². The van der Waals surface area contributed by atoms with Crippen LogP contribution in [0.25, 0.3) is 11.1 Å². The van der Waals surface area contributed by atoms with Crippen molar-refractivity contribution < 1.29 is 28.6 Å². The van der Waals surface area contributed by atoms with E-state index in [2.05, 4.69) is 13.0 Å². The molecule has 4 atom stereocenters. The molecule has 1 aliphatic carbocycles. The van der Waals surface area contributed by atoms with Crippen LogP contribution in [0.2, 0.25) is 0 Å². The van der Waals surface area contributed by atoms with E-state index < -0.39 is 17.5 Å². The van der Waals surface area contributed by atoms with Gasteiger partial charge >= 0.3 is 11.9 Å². The van der Waals surface area contributed by atoms with Gasteiger partial charge < -0.3 is 14.2 Å². The minimum absolute atomic E-state index is 0.0171. The minimum Gasteiger partial charge on any atom is -0.490 e. The zero-order valence-corrected chi connectivity index (χ0v) is 28.8. The van der Waals surface area contributed by atoms with E-state index in [9.17, 15) is 14.4 Å². The van der Waals surface area contributed by atoms with Gasteiger partial charge in [-0.3, -0.25) is 9.59 Å². The average Bonchev–Trinajstić information content (AvgIpc) is 3.42. The first-order chi connectivity index (χ1) is 23.2. The molecule has 0 amide bonds. The molecule has 0 spiro atoms. The first kappa shape index (κ1) is 36.4. The molecule has 3 aromatic carbocycles. The van der Waals surface area contributed by atoms with Crippen molar-refractivity contribution in [3.8, 4) is 16.9 Å². The van der Waals surface area contributed by atoms with E-state index in [-0.39, 0.29) is 29.7 Å². The molecule has 0 saturated heterocycles. The summed E-state index contributed by atoms with van der Waals surface area (Å²) in [5, 5.41) is 0. The van der Waals surface area contributed by atoms with E-state index in [1.165, 1.54) is 7.11 Å². The highest BCUT2D eigenvalue weighted by molar-refractivity contribution is 5.94. The number of carbonyl (C=O) groups is 3. The highest BCUT2D eigenvalue weighted by atomic mass is 16.5. The molecule has 1 aliphatic rings. The lowest BCUT2D eigenvalue weighted by molar-refractivity contribution is -0.140. The van der Waals surface area contributed by atoms with Gasteiger partial charge in [-0.15, -0.1) is 0 Å². The fourth-order valence-corrected chi connectivity index (χ4v) is 6.29. The van der Waals surface area contributed by atoms with Crippen molar-refractivity contribution in [2.24, 2.45) is 17.3 Å². The zero-order valence-electron chi connectivity index (χ0n) is 28.8. The smallest absolute Gasteiger partial charge is 0.338 e. The molecule has 1 saturated carbocycles. The van der Waals surface area contributed by atoms with E-state index in [0.717, 1.165) is 49.0 Å². The molecule has 0 radical (unpaired) electrons. The van der Waals surface area contributed by atoms with E-state index in [1.54, 1.807) is 18.2 Å².